The van der Waals surface area contributed by atoms with Crippen molar-refractivity contribution in [3.63, 3.8) is 0 Å². The van der Waals surface area contributed by atoms with E-state index in [1.807, 2.05) is 69.3 Å². The normalized spacial score (nSPS) is 11.7. The van der Waals surface area contributed by atoms with Crippen LogP contribution in [0, 0.1) is 0 Å². The minimum Gasteiger partial charge on any atom is -0.497 e. The van der Waals surface area contributed by atoms with E-state index in [4.69, 9.17) is 9.47 Å². The molecule has 168 valence electrons. The van der Waals surface area contributed by atoms with Gasteiger partial charge in [0.2, 0.25) is 5.91 Å². The van der Waals surface area contributed by atoms with Crippen LogP contribution in [-0.2, 0) is 22.6 Å². The van der Waals surface area contributed by atoms with Crippen molar-refractivity contribution in [1.82, 2.24) is 10.2 Å². The van der Waals surface area contributed by atoms with Crippen LogP contribution in [0.3, 0.4) is 0 Å². The predicted octanol–water partition coefficient (Wildman–Crippen LogP) is 3.97. The first-order chi connectivity index (χ1) is 14.9. The number of amides is 2. The van der Waals surface area contributed by atoms with Gasteiger partial charge >= 0.3 is 0 Å². The van der Waals surface area contributed by atoms with Gasteiger partial charge in [0.15, 0.2) is 6.61 Å². The van der Waals surface area contributed by atoms with Crippen molar-refractivity contribution in [1.29, 1.82) is 0 Å². The van der Waals surface area contributed by atoms with Gasteiger partial charge in [0.05, 0.1) is 7.11 Å². The second kappa shape index (κ2) is 12.0. The third-order valence-electron chi connectivity index (χ3n) is 5.00. The molecule has 0 unspecified atom stereocenters. The maximum Gasteiger partial charge on any atom is 0.261 e. The van der Waals surface area contributed by atoms with E-state index in [1.54, 1.807) is 12.0 Å². The summed E-state index contributed by atoms with van der Waals surface area (Å²) in [6.45, 7) is 7.95. The Bertz CT molecular complexity index is 849. The van der Waals surface area contributed by atoms with Gasteiger partial charge in [0.25, 0.3) is 5.91 Å². The highest BCUT2D eigenvalue weighted by Gasteiger charge is 2.29. The Kier molecular flexibility index (Phi) is 9.38. The number of aryl methyl sites for hydroxylation is 1. The molecule has 0 aliphatic heterocycles. The summed E-state index contributed by atoms with van der Waals surface area (Å²) in [5.74, 6) is 0.928. The van der Waals surface area contributed by atoms with Gasteiger partial charge in [-0.15, -0.1) is 0 Å². The Balaban J connectivity index is 2.21. The van der Waals surface area contributed by atoms with Crippen molar-refractivity contribution in [3.05, 3.63) is 59.7 Å². The summed E-state index contributed by atoms with van der Waals surface area (Å²) in [4.78, 5) is 27.6. The predicted molar refractivity (Wildman–Crippen MR) is 122 cm³/mol. The van der Waals surface area contributed by atoms with Crippen LogP contribution >= 0.6 is 0 Å². The topological polar surface area (TPSA) is 67.9 Å². The number of methoxy groups -OCH3 is 1. The van der Waals surface area contributed by atoms with E-state index in [2.05, 4.69) is 12.2 Å². The Morgan fingerprint density at radius 3 is 2.29 bits per heavy atom. The summed E-state index contributed by atoms with van der Waals surface area (Å²) in [7, 11) is 1.60. The molecule has 31 heavy (non-hydrogen) atoms. The molecule has 2 aromatic rings. The molecule has 0 saturated heterocycles. The Labute approximate surface area is 185 Å². The van der Waals surface area contributed by atoms with E-state index >= 15 is 0 Å². The highest BCUT2D eigenvalue weighted by atomic mass is 16.5. The summed E-state index contributed by atoms with van der Waals surface area (Å²) in [5, 5.41) is 2.93. The zero-order valence-electron chi connectivity index (χ0n) is 19.2. The number of carbonyl (C=O) groups is 2. The van der Waals surface area contributed by atoms with Gasteiger partial charge in [-0.3, -0.25) is 9.59 Å². The van der Waals surface area contributed by atoms with Gasteiger partial charge in [0.1, 0.15) is 17.5 Å². The quantitative estimate of drug-likeness (QED) is 0.590. The molecule has 0 spiro atoms. The summed E-state index contributed by atoms with van der Waals surface area (Å²) in [6.07, 6.45) is 1.44. The number of hydrogen-bond donors (Lipinski definition) is 1. The molecule has 2 amide bonds. The summed E-state index contributed by atoms with van der Waals surface area (Å²) < 4.78 is 11.0. The lowest BCUT2D eigenvalue weighted by Crippen LogP contribution is -2.51. The first kappa shape index (κ1) is 24.3. The van der Waals surface area contributed by atoms with Crippen LogP contribution in [-0.4, -0.2) is 42.5 Å². The molecule has 2 rings (SSSR count). The van der Waals surface area contributed by atoms with Crippen molar-refractivity contribution >= 4 is 11.8 Å². The van der Waals surface area contributed by atoms with Crippen molar-refractivity contribution in [3.8, 4) is 11.5 Å². The van der Waals surface area contributed by atoms with E-state index in [0.29, 0.717) is 17.9 Å². The van der Waals surface area contributed by atoms with E-state index in [9.17, 15) is 9.59 Å². The van der Waals surface area contributed by atoms with Crippen molar-refractivity contribution in [2.24, 2.45) is 0 Å². The molecule has 1 atom stereocenters. The number of rotatable bonds is 11. The molecule has 0 aromatic heterocycles. The lowest BCUT2D eigenvalue weighted by Gasteiger charge is -2.31. The second-order valence-electron chi connectivity index (χ2n) is 7.75. The van der Waals surface area contributed by atoms with E-state index in [1.165, 1.54) is 5.56 Å². The molecular weight excluding hydrogens is 392 g/mol. The first-order valence-electron chi connectivity index (χ1n) is 10.8. The number of nitrogens with one attached hydrogen (secondary N) is 1. The smallest absolute Gasteiger partial charge is 0.261 e. The van der Waals surface area contributed by atoms with Gasteiger partial charge in [0, 0.05) is 12.6 Å². The second-order valence-corrected chi connectivity index (χ2v) is 7.75. The lowest BCUT2D eigenvalue weighted by atomic mass is 10.1. The van der Waals surface area contributed by atoms with Gasteiger partial charge in [-0.2, -0.15) is 0 Å². The maximum absolute atomic E-state index is 13.2. The van der Waals surface area contributed by atoms with Crippen molar-refractivity contribution < 1.29 is 19.1 Å². The molecule has 0 heterocycles. The van der Waals surface area contributed by atoms with Crippen molar-refractivity contribution in [2.75, 3.05) is 13.7 Å². The maximum atomic E-state index is 13.2. The molecule has 0 aliphatic carbocycles. The van der Waals surface area contributed by atoms with Gasteiger partial charge in [-0.05, 0) is 62.1 Å². The fourth-order valence-corrected chi connectivity index (χ4v) is 3.32. The Hall–Kier alpha value is -3.02. The SMILES string of the molecule is CCc1ccc(OCC(=O)N(Cc2cccc(OC)c2)[C@@H](CC)C(=O)NC(C)C)cc1. The van der Waals surface area contributed by atoms with E-state index in [0.717, 1.165) is 12.0 Å². The standard InChI is InChI=1S/C25H34N2O4/c1-6-19-11-13-21(14-12-19)31-17-24(28)27(23(7-2)25(29)26-18(3)4)16-20-9-8-10-22(15-20)30-5/h8-15,18,23H,6-7,16-17H2,1-5H3,(H,26,29)/t23-/m0/s1. The van der Waals surface area contributed by atoms with Crippen molar-refractivity contribution in [2.45, 2.75) is 59.2 Å². The molecule has 0 radical (unpaired) electrons. The van der Waals surface area contributed by atoms with Crippen LogP contribution in [0.2, 0.25) is 0 Å². The number of ether oxygens (including phenoxy) is 2. The highest BCUT2D eigenvalue weighted by molar-refractivity contribution is 5.88. The summed E-state index contributed by atoms with van der Waals surface area (Å²) in [5.41, 5.74) is 2.09. The fourth-order valence-electron chi connectivity index (χ4n) is 3.32. The zero-order valence-corrected chi connectivity index (χ0v) is 19.2. The number of hydrogen-bond acceptors (Lipinski definition) is 4. The third kappa shape index (κ3) is 7.31. The van der Waals surface area contributed by atoms with Crippen LogP contribution < -0.4 is 14.8 Å². The molecule has 6 nitrogen and oxygen atoms in total. The molecule has 0 aliphatic rings. The lowest BCUT2D eigenvalue weighted by molar-refractivity contribution is -0.143. The first-order valence-corrected chi connectivity index (χ1v) is 10.8. The highest BCUT2D eigenvalue weighted by Crippen LogP contribution is 2.18. The van der Waals surface area contributed by atoms with Gasteiger partial charge in [-0.25, -0.2) is 0 Å². The Morgan fingerprint density at radius 2 is 1.71 bits per heavy atom. The molecule has 0 saturated carbocycles. The fraction of sp³-hybridized carbons (Fsp3) is 0.440. The van der Waals surface area contributed by atoms with Crippen LogP contribution in [0.5, 0.6) is 11.5 Å². The van der Waals surface area contributed by atoms with Gasteiger partial charge in [-0.1, -0.05) is 38.1 Å². The van der Waals surface area contributed by atoms with Crippen LogP contribution in [0.4, 0.5) is 0 Å². The molecule has 2 aromatic carbocycles. The molecular formula is C25H34N2O4. The van der Waals surface area contributed by atoms with Gasteiger partial charge < -0.3 is 19.7 Å². The largest absolute Gasteiger partial charge is 0.497 e. The minimum atomic E-state index is -0.591. The number of nitrogens with zero attached hydrogens (tertiary/aromatic N) is 1. The average molecular weight is 427 g/mol. The minimum absolute atomic E-state index is 0.0105. The molecule has 6 heteroatoms. The van der Waals surface area contributed by atoms with Crippen LogP contribution in [0.25, 0.3) is 0 Å². The van der Waals surface area contributed by atoms with Crippen LogP contribution in [0.1, 0.15) is 45.2 Å². The molecule has 1 N–H and O–H groups in total. The Morgan fingerprint density at radius 1 is 1.00 bits per heavy atom. The van der Waals surface area contributed by atoms with E-state index < -0.39 is 6.04 Å². The number of carbonyl (C=O) groups excluding carboxylic acids is 2. The summed E-state index contributed by atoms with van der Waals surface area (Å²) >= 11 is 0. The zero-order chi connectivity index (χ0) is 22.8. The average Bonchev–Trinajstić information content (AvgIpc) is 2.77. The van der Waals surface area contributed by atoms with E-state index in [-0.39, 0.29) is 31.0 Å². The third-order valence-corrected chi connectivity index (χ3v) is 5.00. The van der Waals surface area contributed by atoms with Crippen LogP contribution in [0.15, 0.2) is 48.5 Å². The summed E-state index contributed by atoms with van der Waals surface area (Å²) in [6, 6.07) is 14.6. The molecule has 0 fully saturated rings. The molecule has 0 bridgehead atoms. The monoisotopic (exact) mass is 426 g/mol. The number of benzene rings is 2.